The molecule has 0 radical (unpaired) electrons. The predicted molar refractivity (Wildman–Crippen MR) is 112 cm³/mol. The highest BCUT2D eigenvalue weighted by atomic mass is 35.5. The Hall–Kier alpha value is -1.93. The number of ether oxygens (including phenoxy) is 1. The van der Waals surface area contributed by atoms with Crippen molar-refractivity contribution in [2.45, 2.75) is 13.0 Å². The molecule has 2 heterocycles. The second-order valence-corrected chi connectivity index (χ2v) is 8.21. The molecule has 6 nitrogen and oxygen atoms in total. The summed E-state index contributed by atoms with van der Waals surface area (Å²) in [4.78, 5) is 31.0. The average Bonchev–Trinajstić information content (AvgIpc) is 3.15. The number of likely N-dealkylation sites (N-methyl/N-ethyl adjacent to an activating group) is 1. The third-order valence-corrected chi connectivity index (χ3v) is 6.01. The summed E-state index contributed by atoms with van der Waals surface area (Å²) in [5.41, 5.74) is 0.690. The lowest BCUT2D eigenvalue weighted by Gasteiger charge is -2.36. The zero-order chi connectivity index (χ0) is 20.1. The molecule has 1 atom stereocenters. The minimum absolute atomic E-state index is 0.121. The molecule has 3 rings (SSSR count). The van der Waals surface area contributed by atoms with Crippen molar-refractivity contribution in [1.82, 2.24) is 9.80 Å². The highest BCUT2D eigenvalue weighted by molar-refractivity contribution is 7.14. The number of halogens is 1. The summed E-state index contributed by atoms with van der Waals surface area (Å²) in [7, 11) is 2.07. The van der Waals surface area contributed by atoms with Crippen molar-refractivity contribution in [3.8, 4) is 0 Å². The van der Waals surface area contributed by atoms with E-state index in [1.165, 1.54) is 11.3 Å². The Morgan fingerprint density at radius 1 is 1.14 bits per heavy atom. The van der Waals surface area contributed by atoms with Crippen LogP contribution in [0.4, 0.5) is 5.69 Å². The molecule has 1 aliphatic heterocycles. The van der Waals surface area contributed by atoms with Gasteiger partial charge in [-0.3, -0.25) is 9.69 Å². The van der Waals surface area contributed by atoms with Crippen molar-refractivity contribution in [3.05, 3.63) is 51.2 Å². The fourth-order valence-corrected chi connectivity index (χ4v) is 4.27. The zero-order valence-electron chi connectivity index (χ0n) is 16.0. The number of rotatable bonds is 6. The van der Waals surface area contributed by atoms with E-state index >= 15 is 0 Å². The van der Waals surface area contributed by atoms with Crippen LogP contribution in [0, 0.1) is 0 Å². The molecule has 28 heavy (non-hydrogen) atoms. The molecule has 1 amide bonds. The molecule has 2 aromatic rings. The molecule has 0 saturated carbocycles. The Kier molecular flexibility index (Phi) is 7.07. The van der Waals surface area contributed by atoms with Gasteiger partial charge in [0.05, 0.1) is 6.61 Å². The van der Waals surface area contributed by atoms with Crippen LogP contribution in [0.3, 0.4) is 0 Å². The first kappa shape index (κ1) is 20.8. The largest absolute Gasteiger partial charge is 0.462 e. The van der Waals surface area contributed by atoms with Gasteiger partial charge in [-0.05, 0) is 50.4 Å². The molecule has 0 spiro atoms. The maximum Gasteiger partial charge on any atom is 0.348 e. The smallest absolute Gasteiger partial charge is 0.348 e. The van der Waals surface area contributed by atoms with Crippen LogP contribution in [0.5, 0.6) is 0 Å². The van der Waals surface area contributed by atoms with Gasteiger partial charge in [0.1, 0.15) is 10.9 Å². The number of nitrogens with zero attached hydrogens (tertiary/aromatic N) is 2. The Morgan fingerprint density at radius 2 is 1.82 bits per heavy atom. The van der Waals surface area contributed by atoms with Crippen LogP contribution in [-0.4, -0.2) is 61.5 Å². The highest BCUT2D eigenvalue weighted by Crippen LogP contribution is 2.30. The Balaban J connectivity index is 1.83. The zero-order valence-corrected chi connectivity index (χ0v) is 17.6. The molecule has 1 saturated heterocycles. The van der Waals surface area contributed by atoms with Crippen molar-refractivity contribution in [3.63, 3.8) is 0 Å². The van der Waals surface area contributed by atoms with Crippen LogP contribution in [0.2, 0.25) is 5.02 Å². The summed E-state index contributed by atoms with van der Waals surface area (Å²) in [6.07, 6.45) is 0. The van der Waals surface area contributed by atoms with Crippen LogP contribution in [0.25, 0.3) is 0 Å². The van der Waals surface area contributed by atoms with Crippen molar-refractivity contribution >= 4 is 40.5 Å². The lowest BCUT2D eigenvalue weighted by Crippen LogP contribution is -2.48. The van der Waals surface area contributed by atoms with Gasteiger partial charge in [0, 0.05) is 41.8 Å². The van der Waals surface area contributed by atoms with E-state index in [-0.39, 0.29) is 11.9 Å². The number of carbonyl (C=O) groups excluding carboxylic acids is 2. The van der Waals surface area contributed by atoms with Gasteiger partial charge in [-0.25, -0.2) is 4.79 Å². The summed E-state index contributed by atoms with van der Waals surface area (Å²) in [5.74, 6) is -0.474. The summed E-state index contributed by atoms with van der Waals surface area (Å²) in [6, 6.07) is 10.2. The Bertz CT molecular complexity index is 816. The van der Waals surface area contributed by atoms with E-state index < -0.39 is 6.04 Å². The summed E-state index contributed by atoms with van der Waals surface area (Å²) >= 11 is 7.25. The van der Waals surface area contributed by atoms with Crippen molar-refractivity contribution in [1.29, 1.82) is 0 Å². The van der Waals surface area contributed by atoms with Crippen LogP contribution >= 0.6 is 22.9 Å². The van der Waals surface area contributed by atoms with Gasteiger partial charge >= 0.3 is 5.97 Å². The number of carbonyl (C=O) groups is 2. The third kappa shape index (κ3) is 5.11. The van der Waals surface area contributed by atoms with Crippen LogP contribution in [0.1, 0.15) is 27.5 Å². The van der Waals surface area contributed by atoms with E-state index in [1.807, 2.05) is 6.07 Å². The molecule has 1 unspecified atom stereocenters. The lowest BCUT2D eigenvalue weighted by atomic mass is 10.1. The molecule has 8 heteroatoms. The van der Waals surface area contributed by atoms with Gasteiger partial charge in [0.15, 0.2) is 0 Å². The average molecular weight is 422 g/mol. The molecule has 0 aliphatic carbocycles. The highest BCUT2D eigenvalue weighted by Gasteiger charge is 2.31. The number of esters is 1. The number of thiophene rings is 1. The van der Waals surface area contributed by atoms with E-state index in [0.717, 1.165) is 31.1 Å². The topological polar surface area (TPSA) is 61.9 Å². The molecular weight excluding hydrogens is 398 g/mol. The minimum atomic E-state index is -0.461. The van der Waals surface area contributed by atoms with E-state index in [0.29, 0.717) is 22.2 Å². The lowest BCUT2D eigenvalue weighted by molar-refractivity contribution is -0.122. The number of hydrogen-bond acceptors (Lipinski definition) is 6. The van der Waals surface area contributed by atoms with E-state index in [9.17, 15) is 9.59 Å². The van der Waals surface area contributed by atoms with E-state index in [4.69, 9.17) is 16.3 Å². The van der Waals surface area contributed by atoms with Gasteiger partial charge in [0.2, 0.25) is 5.91 Å². The number of hydrogen-bond donors (Lipinski definition) is 1. The number of anilines is 1. The molecule has 1 aliphatic rings. The molecule has 1 aromatic carbocycles. The molecule has 1 aromatic heterocycles. The SMILES string of the molecule is CCOC(=O)c1ccc(C(C(=O)Nc2ccc(Cl)cc2)N2CCN(C)CC2)s1. The first-order chi connectivity index (χ1) is 13.5. The summed E-state index contributed by atoms with van der Waals surface area (Å²) in [5, 5.41) is 3.59. The fourth-order valence-electron chi connectivity index (χ4n) is 3.11. The molecule has 1 fully saturated rings. The normalized spacial score (nSPS) is 16.5. The number of nitrogens with one attached hydrogen (secondary N) is 1. The van der Waals surface area contributed by atoms with Crippen molar-refractivity contribution in [2.24, 2.45) is 0 Å². The van der Waals surface area contributed by atoms with Gasteiger partial charge < -0.3 is 15.0 Å². The van der Waals surface area contributed by atoms with Gasteiger partial charge in [-0.15, -0.1) is 11.3 Å². The first-order valence-electron chi connectivity index (χ1n) is 9.24. The van der Waals surface area contributed by atoms with E-state index in [1.54, 1.807) is 37.3 Å². The molecule has 1 N–H and O–H groups in total. The standard InChI is InChI=1S/C20H24ClN3O3S/c1-3-27-20(26)17-9-8-16(28-17)18(24-12-10-23(2)11-13-24)19(25)22-15-6-4-14(21)5-7-15/h4-9,18H,3,10-13H2,1-2H3,(H,22,25). The van der Waals surface area contributed by atoms with Crippen LogP contribution in [-0.2, 0) is 9.53 Å². The Labute approximate surface area is 174 Å². The summed E-state index contributed by atoms with van der Waals surface area (Å²) < 4.78 is 5.09. The van der Waals surface area contributed by atoms with Gasteiger partial charge in [0.25, 0.3) is 0 Å². The molecular formula is C20H24ClN3O3S. The quantitative estimate of drug-likeness (QED) is 0.723. The second-order valence-electron chi connectivity index (χ2n) is 6.66. The second kappa shape index (κ2) is 9.52. The first-order valence-corrected chi connectivity index (χ1v) is 10.4. The van der Waals surface area contributed by atoms with Crippen molar-refractivity contribution in [2.75, 3.05) is 45.2 Å². The summed E-state index contributed by atoms with van der Waals surface area (Å²) in [6.45, 7) is 5.44. The van der Waals surface area contributed by atoms with Gasteiger partial charge in [-0.1, -0.05) is 11.6 Å². The number of benzene rings is 1. The van der Waals surface area contributed by atoms with Crippen LogP contribution < -0.4 is 5.32 Å². The van der Waals surface area contributed by atoms with Gasteiger partial charge in [-0.2, -0.15) is 0 Å². The fraction of sp³-hybridized carbons (Fsp3) is 0.400. The maximum atomic E-state index is 13.2. The predicted octanol–water partition coefficient (Wildman–Crippen LogP) is 3.51. The monoisotopic (exact) mass is 421 g/mol. The minimum Gasteiger partial charge on any atom is -0.462 e. The van der Waals surface area contributed by atoms with Crippen LogP contribution in [0.15, 0.2) is 36.4 Å². The maximum absolute atomic E-state index is 13.2. The molecule has 0 bridgehead atoms. The Morgan fingerprint density at radius 3 is 2.46 bits per heavy atom. The number of amides is 1. The van der Waals surface area contributed by atoms with E-state index in [2.05, 4.69) is 22.2 Å². The van der Waals surface area contributed by atoms with Crippen molar-refractivity contribution < 1.29 is 14.3 Å². The third-order valence-electron chi connectivity index (χ3n) is 4.64. The molecule has 150 valence electrons. The number of piperazine rings is 1.